The highest BCUT2D eigenvalue weighted by Crippen LogP contribution is 2.31. The first-order valence-corrected chi connectivity index (χ1v) is 20.7. The van der Waals surface area contributed by atoms with Crippen molar-refractivity contribution in [3.05, 3.63) is 47.5 Å². The van der Waals surface area contributed by atoms with E-state index in [0.717, 1.165) is 7.14 Å². The van der Waals surface area contributed by atoms with Crippen LogP contribution in [-0.4, -0.2) is 85.1 Å². The smallest absolute Gasteiger partial charge is 0.504 e. The monoisotopic (exact) mass is 1170 g/mol. The molecule has 3 amide bonds. The van der Waals surface area contributed by atoms with Crippen LogP contribution in [0.4, 0.5) is 36.6 Å². The number of pyridine rings is 3. The van der Waals surface area contributed by atoms with Gasteiger partial charge in [0.15, 0.2) is 34.7 Å². The Morgan fingerprint density at radius 3 is 1.44 bits per heavy atom. The van der Waals surface area contributed by atoms with E-state index in [2.05, 4.69) is 20.3 Å². The summed E-state index contributed by atoms with van der Waals surface area (Å²) in [6.45, 7) is 21.4. The Kier molecular flexibility index (Phi) is 22.9. The normalized spacial score (nSPS) is 11.1. The van der Waals surface area contributed by atoms with Crippen LogP contribution >= 0.6 is 67.8 Å². The lowest BCUT2D eigenvalue weighted by atomic mass is 10.2. The topological polar surface area (TPSA) is 287 Å². The number of nitrogens with two attached hydrogens (primary N) is 3. The fourth-order valence-electron chi connectivity index (χ4n) is 3.24. The first kappa shape index (κ1) is 55.2. The first-order chi connectivity index (χ1) is 26.8. The van der Waals surface area contributed by atoms with Gasteiger partial charge in [-0.1, -0.05) is 0 Å². The molecule has 0 aliphatic heterocycles. The summed E-state index contributed by atoms with van der Waals surface area (Å²) < 4.78 is 28.4. The Hall–Kier alpha value is -3.76. The number of aromatic nitrogens is 3. The Balaban J connectivity index is 0.000000952. The third kappa shape index (κ3) is 25.5. The van der Waals surface area contributed by atoms with Crippen LogP contribution in [0.2, 0.25) is 0 Å². The zero-order chi connectivity index (χ0) is 46.1. The fourth-order valence-corrected chi connectivity index (χ4v) is 4.53. The number of carbonyl (C=O) groups excluding carboxylic acids is 4. The summed E-state index contributed by atoms with van der Waals surface area (Å²) in [6, 6.07) is 4.50. The summed E-state index contributed by atoms with van der Waals surface area (Å²) in [5.74, 6) is -0.192. The van der Waals surface area contributed by atoms with Gasteiger partial charge in [-0.15, -0.1) is 0 Å². The number of amides is 3. The maximum absolute atomic E-state index is 12.8. The molecule has 19 nitrogen and oxygen atoms in total. The number of nitrogen functional groups attached to an aromatic ring is 1. The SMILES string of the molecule is CC(C)(C)OC(=O)Nc1ncc(I)cc1O.CC(C)(C)OC(=O)Oc1cc(I)cnc1N(C(=O)OC(C)(C)C)C(=O)OC(C)(C)C.NCCN.Nc1ncc(I)cc1O. The molecule has 0 aromatic carbocycles. The molecule has 3 aromatic rings. The highest BCUT2D eigenvalue weighted by atomic mass is 127. The standard InChI is InChI=1S/C20H29IN2O7.C10H13IN2O3.C5H5IN2O.C2H8N2/c1-18(2,3)28-15(24)23(16(25)29-19(4,5)6)14-13(10-12(21)11-22-14)27-17(26)30-20(7,8)9;1-10(2,3)16-9(15)13-8-7(14)4-6(11)5-12-8;6-3-1-4(9)5(7)8-2-3;3-1-2-4/h10-11H,1-9H3;4-5,14H,1-3H3,(H,12,13,15);1-2,9H,(H2,7,8);1-4H2. The number of halogens is 3. The second-order valence-corrected chi connectivity index (χ2v) is 19.4. The molecular formula is C37H55I3N8O11. The molecular weight excluding hydrogens is 1110 g/mol. The van der Waals surface area contributed by atoms with Crippen LogP contribution < -0.4 is 32.2 Å². The number of nitrogens with one attached hydrogen (secondary N) is 1. The second-order valence-electron chi connectivity index (χ2n) is 15.6. The lowest BCUT2D eigenvalue weighted by Crippen LogP contribution is -2.44. The van der Waals surface area contributed by atoms with Crippen LogP contribution in [0.5, 0.6) is 17.2 Å². The van der Waals surface area contributed by atoms with Gasteiger partial charge in [0.2, 0.25) is 0 Å². The first-order valence-electron chi connectivity index (χ1n) is 17.4. The minimum atomic E-state index is -1.03. The van der Waals surface area contributed by atoms with Crippen molar-refractivity contribution in [2.75, 3.05) is 29.0 Å². The van der Waals surface area contributed by atoms with E-state index in [4.69, 9.17) is 46.0 Å². The van der Waals surface area contributed by atoms with Crippen LogP contribution in [0.15, 0.2) is 36.8 Å². The predicted molar refractivity (Wildman–Crippen MR) is 248 cm³/mol. The van der Waals surface area contributed by atoms with E-state index in [1.807, 2.05) is 67.8 Å². The number of imide groups is 1. The van der Waals surface area contributed by atoms with Gasteiger partial charge >= 0.3 is 24.4 Å². The Bertz CT molecular complexity index is 1830. The van der Waals surface area contributed by atoms with E-state index in [1.54, 1.807) is 95.3 Å². The quantitative estimate of drug-likeness (QED) is 0.0813. The van der Waals surface area contributed by atoms with Crippen molar-refractivity contribution >= 4 is 110 Å². The fraction of sp³-hybridized carbons (Fsp3) is 0.486. The zero-order valence-corrected chi connectivity index (χ0v) is 41.6. The molecule has 0 atom stereocenters. The second kappa shape index (κ2) is 24.5. The highest BCUT2D eigenvalue weighted by molar-refractivity contribution is 14.1. The summed E-state index contributed by atoms with van der Waals surface area (Å²) >= 11 is 6.01. The average Bonchev–Trinajstić information content (AvgIpc) is 3.03. The van der Waals surface area contributed by atoms with Gasteiger partial charge in [0.1, 0.15) is 22.4 Å². The van der Waals surface area contributed by atoms with Gasteiger partial charge in [-0.05, 0) is 169 Å². The molecule has 59 heavy (non-hydrogen) atoms. The minimum Gasteiger partial charge on any atom is -0.504 e. The van der Waals surface area contributed by atoms with Crippen molar-refractivity contribution < 1.29 is 53.1 Å². The summed E-state index contributed by atoms with van der Waals surface area (Å²) in [5.41, 5.74) is 11.9. The maximum Gasteiger partial charge on any atom is 0.514 e. The molecule has 3 heterocycles. The number of aromatic hydroxyl groups is 2. The molecule has 0 spiro atoms. The predicted octanol–water partition coefficient (Wildman–Crippen LogP) is 8.29. The van der Waals surface area contributed by atoms with Crippen molar-refractivity contribution in [3.8, 4) is 17.2 Å². The third-order valence-electron chi connectivity index (χ3n) is 5.23. The van der Waals surface area contributed by atoms with Gasteiger partial charge in [0.25, 0.3) is 0 Å². The number of carbonyl (C=O) groups is 4. The van der Waals surface area contributed by atoms with Crippen LogP contribution in [0.1, 0.15) is 83.1 Å². The van der Waals surface area contributed by atoms with E-state index in [1.165, 1.54) is 24.5 Å². The molecule has 0 fully saturated rings. The molecule has 330 valence electrons. The van der Waals surface area contributed by atoms with Gasteiger partial charge in [0, 0.05) is 42.4 Å². The zero-order valence-electron chi connectivity index (χ0n) is 35.1. The van der Waals surface area contributed by atoms with Crippen LogP contribution in [-0.2, 0) is 18.9 Å². The Labute approximate surface area is 385 Å². The molecule has 22 heteroatoms. The van der Waals surface area contributed by atoms with Gasteiger partial charge in [-0.25, -0.2) is 34.1 Å². The molecule has 0 saturated heterocycles. The molecule has 3 aromatic heterocycles. The average molecular weight is 1170 g/mol. The largest absolute Gasteiger partial charge is 0.514 e. The summed E-state index contributed by atoms with van der Waals surface area (Å²) in [6.07, 6.45) is 0.818. The van der Waals surface area contributed by atoms with Crippen molar-refractivity contribution in [3.63, 3.8) is 0 Å². The number of ether oxygens (including phenoxy) is 5. The third-order valence-corrected chi connectivity index (χ3v) is 7.00. The molecule has 9 N–H and O–H groups in total. The number of rotatable bonds is 4. The number of anilines is 3. The van der Waals surface area contributed by atoms with E-state index < -0.39 is 46.8 Å². The molecule has 0 bridgehead atoms. The molecule has 0 aliphatic rings. The van der Waals surface area contributed by atoms with Crippen molar-refractivity contribution in [2.45, 2.75) is 105 Å². The van der Waals surface area contributed by atoms with E-state index in [9.17, 15) is 24.3 Å². The van der Waals surface area contributed by atoms with Gasteiger partial charge < -0.3 is 51.1 Å². The van der Waals surface area contributed by atoms with Gasteiger partial charge in [-0.3, -0.25) is 5.32 Å². The summed E-state index contributed by atoms with van der Waals surface area (Å²) in [7, 11) is 0. The number of hydrogen-bond acceptors (Lipinski definition) is 17. The lowest BCUT2D eigenvalue weighted by Gasteiger charge is -2.28. The summed E-state index contributed by atoms with van der Waals surface area (Å²) in [4.78, 5) is 61.5. The van der Waals surface area contributed by atoms with Gasteiger partial charge in [-0.2, -0.15) is 4.90 Å². The number of hydrogen-bond donors (Lipinski definition) is 6. The van der Waals surface area contributed by atoms with Crippen LogP contribution in [0, 0.1) is 10.7 Å². The minimum absolute atomic E-state index is 0.0434. The van der Waals surface area contributed by atoms with Crippen molar-refractivity contribution in [1.29, 1.82) is 0 Å². The molecule has 0 radical (unpaired) electrons. The highest BCUT2D eigenvalue weighted by Gasteiger charge is 2.36. The van der Waals surface area contributed by atoms with Crippen molar-refractivity contribution in [2.24, 2.45) is 11.5 Å². The Morgan fingerprint density at radius 1 is 0.644 bits per heavy atom. The molecule has 0 aliphatic carbocycles. The van der Waals surface area contributed by atoms with Crippen LogP contribution in [0.3, 0.4) is 0 Å². The Morgan fingerprint density at radius 2 is 1.05 bits per heavy atom. The van der Waals surface area contributed by atoms with E-state index in [-0.39, 0.29) is 34.7 Å². The molecule has 3 rings (SSSR count). The lowest BCUT2D eigenvalue weighted by molar-refractivity contribution is 0.0199. The summed E-state index contributed by atoms with van der Waals surface area (Å²) in [5, 5.41) is 20.8. The van der Waals surface area contributed by atoms with Crippen LogP contribution in [0.25, 0.3) is 0 Å². The number of nitrogens with zero attached hydrogens (tertiary/aromatic N) is 4. The van der Waals surface area contributed by atoms with E-state index in [0.29, 0.717) is 21.6 Å². The van der Waals surface area contributed by atoms with Crippen molar-refractivity contribution in [1.82, 2.24) is 15.0 Å². The molecule has 0 unspecified atom stereocenters. The molecule has 0 saturated carbocycles. The van der Waals surface area contributed by atoms with E-state index >= 15 is 0 Å². The van der Waals surface area contributed by atoms with Gasteiger partial charge in [0.05, 0.1) is 0 Å². The maximum atomic E-state index is 12.8.